The van der Waals surface area contributed by atoms with Crippen molar-refractivity contribution in [3.8, 4) is 5.75 Å². The van der Waals surface area contributed by atoms with Gasteiger partial charge in [-0.2, -0.15) is 0 Å². The second-order valence-corrected chi connectivity index (χ2v) is 4.53. The Hall–Kier alpha value is -2.56. The molecule has 0 saturated heterocycles. The molecule has 2 rings (SSSR count). The lowest BCUT2D eigenvalue weighted by molar-refractivity contribution is -0.138. The van der Waals surface area contributed by atoms with Gasteiger partial charge in [-0.05, 0) is 48.4 Å². The summed E-state index contributed by atoms with van der Waals surface area (Å²) in [5.74, 6) is -1.57. The van der Waals surface area contributed by atoms with Crippen molar-refractivity contribution in [1.29, 1.82) is 0 Å². The number of aliphatic carboxylic acids is 1. The summed E-state index contributed by atoms with van der Waals surface area (Å²) in [4.78, 5) is 11.3. The Bertz CT molecular complexity index is 623. The van der Waals surface area contributed by atoms with E-state index in [0.29, 0.717) is 16.8 Å². The summed E-state index contributed by atoms with van der Waals surface area (Å²) in [6.45, 7) is 1.72. The first-order valence-electron chi connectivity index (χ1n) is 6.01. The van der Waals surface area contributed by atoms with Crippen LogP contribution in [0, 0.1) is 12.7 Å². The summed E-state index contributed by atoms with van der Waals surface area (Å²) < 4.78 is 13.3. The largest absolute Gasteiger partial charge is 0.508 e. The fraction of sp³-hybridized carbons (Fsp3) is 0.133. The normalized spacial score (nSPS) is 11.9. The number of aromatic hydroxyl groups is 1. The molecule has 0 amide bonds. The average Bonchev–Trinajstić information content (AvgIpc) is 2.34. The maximum atomic E-state index is 13.3. The number of phenolic OH excluding ortho intramolecular Hbond substituents is 1. The highest BCUT2D eigenvalue weighted by Crippen LogP contribution is 2.24. The van der Waals surface area contributed by atoms with E-state index in [2.05, 4.69) is 5.32 Å². The predicted octanol–water partition coefficient (Wildman–Crippen LogP) is 3.08. The van der Waals surface area contributed by atoms with Gasteiger partial charge in [0.2, 0.25) is 0 Å². The van der Waals surface area contributed by atoms with E-state index in [0.717, 1.165) is 0 Å². The van der Waals surface area contributed by atoms with Gasteiger partial charge in [-0.3, -0.25) is 0 Å². The van der Waals surface area contributed by atoms with Crippen LogP contribution in [0.3, 0.4) is 0 Å². The van der Waals surface area contributed by atoms with Crippen LogP contribution in [0.1, 0.15) is 17.2 Å². The first-order chi connectivity index (χ1) is 9.45. The maximum absolute atomic E-state index is 13.3. The Balaban J connectivity index is 2.33. The van der Waals surface area contributed by atoms with Crippen molar-refractivity contribution in [2.75, 3.05) is 5.32 Å². The van der Waals surface area contributed by atoms with Crippen LogP contribution in [-0.2, 0) is 4.79 Å². The Kier molecular flexibility index (Phi) is 3.89. The molecule has 3 N–H and O–H groups in total. The Morgan fingerprint density at radius 3 is 2.60 bits per heavy atom. The Morgan fingerprint density at radius 1 is 1.25 bits per heavy atom. The number of halogens is 1. The van der Waals surface area contributed by atoms with Gasteiger partial charge in [-0.15, -0.1) is 0 Å². The number of aryl methyl sites for hydroxylation is 1. The second-order valence-electron chi connectivity index (χ2n) is 4.53. The molecule has 0 spiro atoms. The third-order valence-corrected chi connectivity index (χ3v) is 2.80. The minimum atomic E-state index is -1.11. The highest BCUT2D eigenvalue weighted by molar-refractivity contribution is 5.79. The molecule has 0 fully saturated rings. The molecule has 0 aliphatic rings. The third-order valence-electron chi connectivity index (χ3n) is 2.80. The third kappa shape index (κ3) is 3.26. The van der Waals surface area contributed by atoms with Crippen LogP contribution in [0.5, 0.6) is 5.75 Å². The number of hydrogen-bond donors (Lipinski definition) is 3. The number of carbonyl (C=O) groups is 1. The Morgan fingerprint density at radius 2 is 2.00 bits per heavy atom. The number of hydrogen-bond acceptors (Lipinski definition) is 3. The van der Waals surface area contributed by atoms with Crippen molar-refractivity contribution < 1.29 is 19.4 Å². The summed E-state index contributed by atoms with van der Waals surface area (Å²) in [6, 6.07) is 9.12. The molecule has 0 heterocycles. The van der Waals surface area contributed by atoms with Crippen molar-refractivity contribution >= 4 is 11.7 Å². The van der Waals surface area contributed by atoms with Crippen molar-refractivity contribution in [1.82, 2.24) is 0 Å². The van der Waals surface area contributed by atoms with E-state index in [9.17, 15) is 19.4 Å². The SMILES string of the molecule is Cc1cc(F)cc(NC(C(=O)O)c2cccc(O)c2)c1. The van der Waals surface area contributed by atoms with Crippen LogP contribution < -0.4 is 5.32 Å². The van der Waals surface area contributed by atoms with E-state index in [1.54, 1.807) is 25.1 Å². The standard InChI is InChI=1S/C15H14FNO3/c1-9-5-11(16)8-12(6-9)17-14(15(19)20)10-3-2-4-13(18)7-10/h2-8,14,17-18H,1H3,(H,19,20). The van der Waals surface area contributed by atoms with Gasteiger partial charge < -0.3 is 15.5 Å². The smallest absolute Gasteiger partial charge is 0.330 e. The molecular weight excluding hydrogens is 261 g/mol. The van der Waals surface area contributed by atoms with E-state index >= 15 is 0 Å². The first-order valence-corrected chi connectivity index (χ1v) is 6.01. The Labute approximate surface area is 115 Å². The van der Waals surface area contributed by atoms with Crippen LogP contribution in [0.15, 0.2) is 42.5 Å². The fourth-order valence-electron chi connectivity index (χ4n) is 1.98. The van der Waals surface area contributed by atoms with E-state index in [-0.39, 0.29) is 5.75 Å². The first kappa shape index (κ1) is 13.9. The van der Waals surface area contributed by atoms with E-state index in [4.69, 9.17) is 0 Å². The van der Waals surface area contributed by atoms with Gasteiger partial charge in [0.05, 0.1) is 0 Å². The van der Waals surface area contributed by atoms with Crippen LogP contribution in [-0.4, -0.2) is 16.2 Å². The van der Waals surface area contributed by atoms with Crippen LogP contribution in [0.4, 0.5) is 10.1 Å². The monoisotopic (exact) mass is 275 g/mol. The molecule has 0 aromatic heterocycles. The molecule has 0 aliphatic carbocycles. The lowest BCUT2D eigenvalue weighted by Gasteiger charge is -2.17. The minimum Gasteiger partial charge on any atom is -0.508 e. The molecule has 20 heavy (non-hydrogen) atoms. The summed E-state index contributed by atoms with van der Waals surface area (Å²) in [7, 11) is 0. The molecule has 0 aliphatic heterocycles. The molecule has 1 unspecified atom stereocenters. The van der Waals surface area contributed by atoms with Crippen molar-refractivity contribution in [3.05, 3.63) is 59.4 Å². The fourth-order valence-corrected chi connectivity index (χ4v) is 1.98. The number of carboxylic acid groups (broad SMARTS) is 1. The highest BCUT2D eigenvalue weighted by atomic mass is 19.1. The van der Waals surface area contributed by atoms with Crippen LogP contribution >= 0.6 is 0 Å². The maximum Gasteiger partial charge on any atom is 0.330 e. The molecule has 0 bridgehead atoms. The number of nitrogens with one attached hydrogen (secondary N) is 1. The van der Waals surface area contributed by atoms with Crippen LogP contribution in [0.2, 0.25) is 0 Å². The van der Waals surface area contributed by atoms with Gasteiger partial charge in [0, 0.05) is 5.69 Å². The van der Waals surface area contributed by atoms with Gasteiger partial charge in [-0.1, -0.05) is 12.1 Å². The van der Waals surface area contributed by atoms with Crippen molar-refractivity contribution in [3.63, 3.8) is 0 Å². The molecule has 0 radical (unpaired) electrons. The molecule has 2 aromatic rings. The number of benzene rings is 2. The van der Waals surface area contributed by atoms with E-state index in [1.165, 1.54) is 24.3 Å². The molecule has 1 atom stereocenters. The van der Waals surface area contributed by atoms with Crippen molar-refractivity contribution in [2.45, 2.75) is 13.0 Å². The molecule has 0 saturated carbocycles. The summed E-state index contributed by atoms with van der Waals surface area (Å²) in [5.41, 5.74) is 1.45. The van der Waals surface area contributed by atoms with E-state index in [1.807, 2.05) is 0 Å². The van der Waals surface area contributed by atoms with Gasteiger partial charge >= 0.3 is 5.97 Å². The topological polar surface area (TPSA) is 69.6 Å². The van der Waals surface area contributed by atoms with Gasteiger partial charge in [0.1, 0.15) is 11.6 Å². The molecule has 2 aromatic carbocycles. The van der Waals surface area contributed by atoms with Gasteiger partial charge in [0.15, 0.2) is 6.04 Å². The number of carboxylic acids is 1. The minimum absolute atomic E-state index is 0.0222. The zero-order valence-electron chi connectivity index (χ0n) is 10.8. The summed E-state index contributed by atoms with van der Waals surface area (Å²) in [5, 5.41) is 21.4. The predicted molar refractivity (Wildman–Crippen MR) is 73.2 cm³/mol. The summed E-state index contributed by atoms with van der Waals surface area (Å²) >= 11 is 0. The molecule has 4 nitrogen and oxygen atoms in total. The average molecular weight is 275 g/mol. The number of phenols is 1. The molecular formula is C15H14FNO3. The van der Waals surface area contributed by atoms with Crippen molar-refractivity contribution in [2.24, 2.45) is 0 Å². The number of rotatable bonds is 4. The molecule has 5 heteroatoms. The van der Waals surface area contributed by atoms with E-state index < -0.39 is 17.8 Å². The number of anilines is 1. The lowest BCUT2D eigenvalue weighted by Crippen LogP contribution is -2.20. The second kappa shape index (κ2) is 5.61. The van der Waals surface area contributed by atoms with Gasteiger partial charge in [0.25, 0.3) is 0 Å². The lowest BCUT2D eigenvalue weighted by atomic mass is 10.1. The van der Waals surface area contributed by atoms with Crippen LogP contribution in [0.25, 0.3) is 0 Å². The summed E-state index contributed by atoms with van der Waals surface area (Å²) in [6.07, 6.45) is 0. The zero-order valence-corrected chi connectivity index (χ0v) is 10.8. The quantitative estimate of drug-likeness (QED) is 0.802. The zero-order chi connectivity index (χ0) is 14.7. The van der Waals surface area contributed by atoms with Gasteiger partial charge in [-0.25, -0.2) is 9.18 Å². The highest BCUT2D eigenvalue weighted by Gasteiger charge is 2.20. The molecule has 104 valence electrons.